The van der Waals surface area contributed by atoms with Gasteiger partial charge >= 0.3 is 0 Å². The molecule has 0 bridgehead atoms. The summed E-state index contributed by atoms with van der Waals surface area (Å²) in [4.78, 5) is 0. The van der Waals surface area contributed by atoms with E-state index in [1.165, 1.54) is 37.7 Å². The molecule has 3 unspecified atom stereocenters. The van der Waals surface area contributed by atoms with E-state index in [2.05, 4.69) is 26.0 Å². The van der Waals surface area contributed by atoms with E-state index in [1.54, 1.807) is 0 Å². The van der Waals surface area contributed by atoms with E-state index in [1.807, 2.05) is 12.1 Å². The maximum Gasteiger partial charge on any atom is 0.0823 e. The van der Waals surface area contributed by atoms with Gasteiger partial charge in [0.15, 0.2) is 0 Å². The Bertz CT molecular complexity index is 358. The van der Waals surface area contributed by atoms with Crippen molar-refractivity contribution in [1.29, 1.82) is 0 Å². The lowest BCUT2D eigenvalue weighted by Crippen LogP contribution is -2.25. The summed E-state index contributed by atoms with van der Waals surface area (Å²) < 4.78 is 0. The van der Waals surface area contributed by atoms with Gasteiger partial charge in [0.05, 0.1) is 6.10 Å². The van der Waals surface area contributed by atoms with Gasteiger partial charge in [-0.25, -0.2) is 0 Å². The zero-order valence-electron chi connectivity index (χ0n) is 11.0. The molecule has 1 nitrogen and oxygen atoms in total. The predicted octanol–water partition coefficient (Wildman–Crippen LogP) is 4.24. The molecule has 0 spiro atoms. The van der Waals surface area contributed by atoms with Crippen LogP contribution in [0.5, 0.6) is 0 Å². The van der Waals surface area contributed by atoms with Crippen molar-refractivity contribution >= 4 is 0 Å². The molecule has 1 aromatic carbocycles. The number of hydrogen-bond acceptors (Lipinski definition) is 1. The van der Waals surface area contributed by atoms with Gasteiger partial charge in [0.2, 0.25) is 0 Å². The van der Waals surface area contributed by atoms with Gasteiger partial charge in [-0.15, -0.1) is 0 Å². The van der Waals surface area contributed by atoms with Crippen molar-refractivity contribution in [3.8, 4) is 0 Å². The highest BCUT2D eigenvalue weighted by Crippen LogP contribution is 2.40. The van der Waals surface area contributed by atoms with Gasteiger partial charge in [-0.3, -0.25) is 0 Å². The van der Waals surface area contributed by atoms with Gasteiger partial charge in [0.1, 0.15) is 0 Å². The molecule has 3 atom stereocenters. The summed E-state index contributed by atoms with van der Waals surface area (Å²) in [6.07, 6.45) is 6.05. The van der Waals surface area contributed by atoms with Crippen molar-refractivity contribution in [1.82, 2.24) is 0 Å². The molecule has 0 amide bonds. The van der Waals surface area contributed by atoms with E-state index in [4.69, 9.17) is 0 Å². The standard InChI is InChI=1S/C16H24O/c1-3-13-9-5-7-11-15(13)16(17)14-10-6-4-8-12(14)2/h4,6,8,10,13,15-17H,3,5,7,9,11H2,1-2H3. The molecule has 94 valence electrons. The number of aliphatic hydroxyl groups excluding tert-OH is 1. The predicted molar refractivity (Wildman–Crippen MR) is 71.9 cm³/mol. The van der Waals surface area contributed by atoms with E-state index in [0.29, 0.717) is 11.8 Å². The first-order valence-electron chi connectivity index (χ1n) is 6.97. The minimum atomic E-state index is -0.263. The monoisotopic (exact) mass is 232 g/mol. The molecule has 1 aliphatic rings. The maximum absolute atomic E-state index is 10.6. The van der Waals surface area contributed by atoms with Crippen LogP contribution >= 0.6 is 0 Å². The zero-order chi connectivity index (χ0) is 12.3. The van der Waals surface area contributed by atoms with E-state index in [-0.39, 0.29) is 6.10 Å². The highest BCUT2D eigenvalue weighted by atomic mass is 16.3. The molecule has 1 fully saturated rings. The molecule has 2 rings (SSSR count). The molecule has 0 aliphatic heterocycles. The Morgan fingerprint density at radius 1 is 1.24 bits per heavy atom. The summed E-state index contributed by atoms with van der Waals surface area (Å²) in [6.45, 7) is 4.36. The molecule has 1 aromatic rings. The second-order valence-electron chi connectivity index (χ2n) is 5.42. The lowest BCUT2D eigenvalue weighted by Gasteiger charge is -2.35. The molecular weight excluding hydrogens is 208 g/mol. The van der Waals surface area contributed by atoms with Crippen molar-refractivity contribution in [2.75, 3.05) is 0 Å². The van der Waals surface area contributed by atoms with Crippen molar-refractivity contribution in [3.05, 3.63) is 35.4 Å². The van der Waals surface area contributed by atoms with Crippen LogP contribution in [0, 0.1) is 18.8 Å². The van der Waals surface area contributed by atoms with Crippen molar-refractivity contribution in [2.24, 2.45) is 11.8 Å². The minimum Gasteiger partial charge on any atom is -0.388 e. The number of rotatable bonds is 3. The summed E-state index contributed by atoms with van der Waals surface area (Å²) in [5, 5.41) is 10.6. The maximum atomic E-state index is 10.6. The van der Waals surface area contributed by atoms with Crippen LogP contribution in [0.4, 0.5) is 0 Å². The van der Waals surface area contributed by atoms with E-state index in [9.17, 15) is 5.11 Å². The van der Waals surface area contributed by atoms with E-state index >= 15 is 0 Å². The van der Waals surface area contributed by atoms with Gasteiger partial charge in [0, 0.05) is 0 Å². The van der Waals surface area contributed by atoms with E-state index < -0.39 is 0 Å². The molecule has 0 radical (unpaired) electrons. The summed E-state index contributed by atoms with van der Waals surface area (Å²) in [7, 11) is 0. The molecule has 17 heavy (non-hydrogen) atoms. The Morgan fingerprint density at radius 2 is 1.94 bits per heavy atom. The third kappa shape index (κ3) is 2.71. The lowest BCUT2D eigenvalue weighted by molar-refractivity contribution is 0.0448. The van der Waals surface area contributed by atoms with Gasteiger partial charge < -0.3 is 5.11 Å². The Hall–Kier alpha value is -0.820. The third-order valence-corrected chi connectivity index (χ3v) is 4.40. The molecule has 0 heterocycles. The van der Waals surface area contributed by atoms with Crippen LogP contribution in [0.1, 0.15) is 56.3 Å². The Balaban J connectivity index is 2.18. The topological polar surface area (TPSA) is 20.2 Å². The first-order chi connectivity index (χ1) is 8.24. The molecule has 0 aromatic heterocycles. The Labute approximate surface area is 105 Å². The molecule has 1 saturated carbocycles. The van der Waals surface area contributed by atoms with Gasteiger partial charge in [-0.05, 0) is 36.3 Å². The Morgan fingerprint density at radius 3 is 2.65 bits per heavy atom. The Kier molecular flexibility index (Phi) is 4.22. The highest BCUT2D eigenvalue weighted by Gasteiger charge is 2.30. The van der Waals surface area contributed by atoms with E-state index in [0.717, 1.165) is 5.56 Å². The molecule has 1 N–H and O–H groups in total. The summed E-state index contributed by atoms with van der Waals surface area (Å²) >= 11 is 0. The van der Waals surface area contributed by atoms with Crippen molar-refractivity contribution in [3.63, 3.8) is 0 Å². The van der Waals surface area contributed by atoms with Crippen molar-refractivity contribution < 1.29 is 5.11 Å². The van der Waals surface area contributed by atoms with Gasteiger partial charge in [-0.2, -0.15) is 0 Å². The fourth-order valence-corrected chi connectivity index (χ4v) is 3.31. The smallest absolute Gasteiger partial charge is 0.0823 e. The molecule has 0 saturated heterocycles. The highest BCUT2D eigenvalue weighted by molar-refractivity contribution is 5.28. The number of hydrogen-bond donors (Lipinski definition) is 1. The third-order valence-electron chi connectivity index (χ3n) is 4.40. The fourth-order valence-electron chi connectivity index (χ4n) is 3.31. The van der Waals surface area contributed by atoms with Gasteiger partial charge in [-0.1, -0.05) is 56.9 Å². The van der Waals surface area contributed by atoms with Crippen LogP contribution in [0.2, 0.25) is 0 Å². The van der Waals surface area contributed by atoms with Crippen LogP contribution < -0.4 is 0 Å². The summed E-state index contributed by atoms with van der Waals surface area (Å²) in [6, 6.07) is 8.27. The number of aliphatic hydroxyl groups is 1. The average Bonchev–Trinajstić information content (AvgIpc) is 2.38. The fraction of sp³-hybridized carbons (Fsp3) is 0.625. The minimum absolute atomic E-state index is 0.263. The molecule has 1 aliphatic carbocycles. The zero-order valence-corrected chi connectivity index (χ0v) is 11.0. The number of aryl methyl sites for hydroxylation is 1. The van der Waals surface area contributed by atoms with Crippen LogP contribution in [-0.2, 0) is 0 Å². The first kappa shape index (κ1) is 12.6. The van der Waals surface area contributed by atoms with Crippen LogP contribution in [0.15, 0.2) is 24.3 Å². The van der Waals surface area contributed by atoms with Crippen LogP contribution in [0.25, 0.3) is 0 Å². The SMILES string of the molecule is CCC1CCCCC1C(O)c1ccccc1C. The largest absolute Gasteiger partial charge is 0.388 e. The van der Waals surface area contributed by atoms with Crippen LogP contribution in [0.3, 0.4) is 0 Å². The quantitative estimate of drug-likeness (QED) is 0.826. The number of benzene rings is 1. The van der Waals surface area contributed by atoms with Gasteiger partial charge in [0.25, 0.3) is 0 Å². The lowest BCUT2D eigenvalue weighted by atomic mass is 9.73. The first-order valence-corrected chi connectivity index (χ1v) is 6.97. The summed E-state index contributed by atoms with van der Waals surface area (Å²) in [5.41, 5.74) is 2.36. The normalized spacial score (nSPS) is 26.8. The van der Waals surface area contributed by atoms with Crippen molar-refractivity contribution in [2.45, 2.75) is 52.1 Å². The summed E-state index contributed by atoms with van der Waals surface area (Å²) in [5.74, 6) is 1.17. The second kappa shape index (κ2) is 5.68. The average molecular weight is 232 g/mol. The molecule has 1 heteroatoms. The molecular formula is C16H24O. The van der Waals surface area contributed by atoms with Crippen LogP contribution in [-0.4, -0.2) is 5.11 Å². The second-order valence-corrected chi connectivity index (χ2v) is 5.42.